The monoisotopic (exact) mass is 504 g/mol. The van der Waals surface area contributed by atoms with Crippen LogP contribution in [0, 0.1) is 11.8 Å². The zero-order chi connectivity index (χ0) is 21.3. The molecule has 1 amide bonds. The van der Waals surface area contributed by atoms with Crippen molar-refractivity contribution in [2.24, 2.45) is 16.9 Å². The highest BCUT2D eigenvalue weighted by Crippen LogP contribution is 2.40. The highest BCUT2D eigenvalue weighted by Gasteiger charge is 2.44. The molecule has 0 aromatic rings. The lowest BCUT2D eigenvalue weighted by molar-refractivity contribution is -0.144. The molecule has 1 saturated heterocycles. The molecular weight excluding hydrogens is 472 g/mol. The Morgan fingerprint density at radius 2 is 1.80 bits per heavy atom. The molecule has 4 aliphatic rings. The number of methoxy groups -OCH3 is 2. The first-order valence-corrected chi connectivity index (χ1v) is 12.7. The van der Waals surface area contributed by atoms with Gasteiger partial charge in [0.05, 0.1) is 18.2 Å². The van der Waals surface area contributed by atoms with E-state index >= 15 is 0 Å². The fraction of sp³-hybridized carbons (Fsp3) is 0.909. The summed E-state index contributed by atoms with van der Waals surface area (Å²) < 4.78 is 17.1. The van der Waals surface area contributed by atoms with E-state index in [4.69, 9.17) is 30.9 Å². The third-order valence-electron chi connectivity index (χ3n) is 7.49. The van der Waals surface area contributed by atoms with E-state index in [1.807, 2.05) is 0 Å². The fourth-order valence-electron chi connectivity index (χ4n) is 5.69. The lowest BCUT2D eigenvalue weighted by Crippen LogP contribution is -2.44. The summed E-state index contributed by atoms with van der Waals surface area (Å²) in [5, 5.41) is 6.99. The van der Waals surface area contributed by atoms with Gasteiger partial charge < -0.3 is 14.2 Å². The van der Waals surface area contributed by atoms with Crippen LogP contribution in [0.5, 0.6) is 0 Å². The SMILES string of the molecule is COC1CCC(C2=NN(C(=O)C3CCC(Br)O3)C(C3CCC(Cl)CC3)C2)CC1OC. The fourth-order valence-corrected chi connectivity index (χ4v) is 6.47. The van der Waals surface area contributed by atoms with Gasteiger partial charge in [-0.05, 0) is 63.7 Å². The predicted molar refractivity (Wildman–Crippen MR) is 120 cm³/mol. The zero-order valence-corrected chi connectivity index (χ0v) is 20.3. The van der Waals surface area contributed by atoms with Gasteiger partial charge in [-0.1, -0.05) is 15.9 Å². The molecule has 6 atom stereocenters. The van der Waals surface area contributed by atoms with Gasteiger partial charge in [0.1, 0.15) is 11.1 Å². The van der Waals surface area contributed by atoms with Gasteiger partial charge in [-0.2, -0.15) is 5.10 Å². The second kappa shape index (κ2) is 10.2. The summed E-state index contributed by atoms with van der Waals surface area (Å²) in [5.74, 6) is 0.832. The average Bonchev–Trinajstić information content (AvgIpc) is 3.40. The topological polar surface area (TPSA) is 60.4 Å². The predicted octanol–water partition coefficient (Wildman–Crippen LogP) is 4.47. The molecule has 0 N–H and O–H groups in total. The van der Waals surface area contributed by atoms with Crippen LogP contribution in [0.4, 0.5) is 0 Å². The number of carbonyl (C=O) groups excluding carboxylic acids is 1. The number of hydrogen-bond donors (Lipinski definition) is 0. The summed E-state index contributed by atoms with van der Waals surface area (Å²) in [4.78, 5) is 13.4. The van der Waals surface area contributed by atoms with Crippen LogP contribution in [0.2, 0.25) is 0 Å². The van der Waals surface area contributed by atoms with Crippen molar-refractivity contribution in [1.82, 2.24) is 5.01 Å². The van der Waals surface area contributed by atoms with Crippen molar-refractivity contribution in [1.29, 1.82) is 0 Å². The molecule has 0 aromatic heterocycles. The third-order valence-corrected chi connectivity index (χ3v) is 8.60. The molecular formula is C22H34BrClN2O4. The molecule has 2 heterocycles. The molecule has 2 aliphatic carbocycles. The summed E-state index contributed by atoms with van der Waals surface area (Å²) in [5.41, 5.74) is 1.16. The van der Waals surface area contributed by atoms with Crippen LogP contribution in [0.25, 0.3) is 0 Å². The van der Waals surface area contributed by atoms with E-state index in [9.17, 15) is 4.79 Å². The smallest absolute Gasteiger partial charge is 0.272 e. The second-order valence-corrected chi connectivity index (χ2v) is 10.9. The maximum absolute atomic E-state index is 13.4. The van der Waals surface area contributed by atoms with Gasteiger partial charge in [0, 0.05) is 37.6 Å². The molecule has 170 valence electrons. The number of hydrogen-bond acceptors (Lipinski definition) is 5. The lowest BCUT2D eigenvalue weighted by Gasteiger charge is -2.35. The quantitative estimate of drug-likeness (QED) is 0.517. The Morgan fingerprint density at radius 3 is 2.43 bits per heavy atom. The first-order valence-electron chi connectivity index (χ1n) is 11.4. The van der Waals surface area contributed by atoms with Crippen LogP contribution < -0.4 is 0 Å². The van der Waals surface area contributed by atoms with Crippen LogP contribution in [0.15, 0.2) is 5.10 Å². The minimum Gasteiger partial charge on any atom is -0.379 e. The Kier molecular flexibility index (Phi) is 7.77. The Balaban J connectivity index is 1.50. The number of amides is 1. The highest BCUT2D eigenvalue weighted by molar-refractivity contribution is 9.09. The first kappa shape index (κ1) is 23.0. The van der Waals surface area contributed by atoms with E-state index in [2.05, 4.69) is 15.9 Å². The van der Waals surface area contributed by atoms with Gasteiger partial charge >= 0.3 is 0 Å². The van der Waals surface area contributed by atoms with Crippen molar-refractivity contribution in [3.63, 3.8) is 0 Å². The molecule has 0 radical (unpaired) electrons. The van der Waals surface area contributed by atoms with Gasteiger partial charge in [-0.3, -0.25) is 4.79 Å². The van der Waals surface area contributed by atoms with Crippen LogP contribution in [0.1, 0.15) is 64.2 Å². The van der Waals surface area contributed by atoms with E-state index in [1.54, 1.807) is 19.2 Å². The van der Waals surface area contributed by atoms with E-state index < -0.39 is 0 Å². The van der Waals surface area contributed by atoms with Crippen LogP contribution in [0.3, 0.4) is 0 Å². The Labute approximate surface area is 193 Å². The van der Waals surface area contributed by atoms with E-state index in [1.165, 1.54) is 0 Å². The number of ether oxygens (including phenoxy) is 3. The number of carbonyl (C=O) groups is 1. The summed E-state index contributed by atoms with van der Waals surface area (Å²) in [6, 6.07) is 0.135. The summed E-state index contributed by atoms with van der Waals surface area (Å²) >= 11 is 9.84. The van der Waals surface area contributed by atoms with Gasteiger partial charge in [0.2, 0.25) is 0 Å². The second-order valence-electron chi connectivity index (χ2n) is 9.23. The number of hydrazone groups is 1. The van der Waals surface area contributed by atoms with Gasteiger partial charge in [-0.25, -0.2) is 5.01 Å². The van der Waals surface area contributed by atoms with Crippen LogP contribution in [-0.2, 0) is 19.0 Å². The van der Waals surface area contributed by atoms with E-state index in [-0.39, 0.29) is 40.7 Å². The van der Waals surface area contributed by atoms with E-state index in [0.29, 0.717) is 11.8 Å². The molecule has 0 spiro atoms. The molecule has 0 bridgehead atoms. The first-order chi connectivity index (χ1) is 14.5. The third kappa shape index (κ3) is 4.90. The standard InChI is InChI=1S/C22H34BrClN2O4/c1-28-18-8-5-14(11-20(18)29-2)16-12-17(13-3-6-15(24)7-4-13)26(25-16)22(27)19-9-10-21(23)30-19/h13-15,17-21H,3-12H2,1-2H3. The van der Waals surface area contributed by atoms with Crippen molar-refractivity contribution >= 4 is 39.1 Å². The van der Waals surface area contributed by atoms with Gasteiger partial charge in [0.25, 0.3) is 5.91 Å². The lowest BCUT2D eigenvalue weighted by atomic mass is 9.77. The van der Waals surface area contributed by atoms with Gasteiger partial charge in [0.15, 0.2) is 0 Å². The molecule has 0 aromatic carbocycles. The molecule has 2 saturated carbocycles. The van der Waals surface area contributed by atoms with Crippen molar-refractivity contribution < 1.29 is 19.0 Å². The zero-order valence-electron chi connectivity index (χ0n) is 18.0. The Morgan fingerprint density at radius 1 is 1.07 bits per heavy atom. The Bertz CT molecular complexity index is 643. The maximum atomic E-state index is 13.4. The molecule has 30 heavy (non-hydrogen) atoms. The molecule has 2 aliphatic heterocycles. The average molecular weight is 506 g/mol. The molecule has 6 nitrogen and oxygen atoms in total. The van der Waals surface area contributed by atoms with E-state index in [0.717, 1.165) is 69.9 Å². The largest absolute Gasteiger partial charge is 0.379 e. The molecule has 4 rings (SSSR count). The summed E-state index contributed by atoms with van der Waals surface area (Å²) in [7, 11) is 3.51. The minimum absolute atomic E-state index is 0.0267. The Hall–Kier alpha value is -0.210. The van der Waals surface area contributed by atoms with Crippen molar-refractivity contribution in [2.75, 3.05) is 14.2 Å². The molecule has 6 unspecified atom stereocenters. The number of halogens is 2. The molecule has 8 heteroatoms. The normalized spacial score (nSPS) is 42.4. The summed E-state index contributed by atoms with van der Waals surface area (Å²) in [6.45, 7) is 0. The maximum Gasteiger partial charge on any atom is 0.272 e. The number of nitrogens with zero attached hydrogens (tertiary/aromatic N) is 2. The van der Waals surface area contributed by atoms with Crippen molar-refractivity contribution in [3.8, 4) is 0 Å². The number of alkyl halides is 2. The van der Waals surface area contributed by atoms with Crippen molar-refractivity contribution in [2.45, 2.75) is 99.0 Å². The summed E-state index contributed by atoms with van der Waals surface area (Å²) in [6.07, 6.45) is 9.39. The van der Waals surface area contributed by atoms with Gasteiger partial charge in [-0.15, -0.1) is 11.6 Å². The van der Waals surface area contributed by atoms with Crippen LogP contribution >= 0.6 is 27.5 Å². The minimum atomic E-state index is -0.389. The van der Waals surface area contributed by atoms with Crippen LogP contribution in [-0.4, -0.2) is 65.6 Å². The van der Waals surface area contributed by atoms with Crippen molar-refractivity contribution in [3.05, 3.63) is 0 Å². The molecule has 3 fully saturated rings. The highest BCUT2D eigenvalue weighted by atomic mass is 79.9. The number of rotatable bonds is 5.